The zero-order chi connectivity index (χ0) is 14.0. The standard InChI is InChI=1S/C13H16N2O4/c1-15-12(17)6-9(13(15)18)14-7-8-3-4-11(19-2)10(16)5-8/h3-5,9,14,16H,6-7H2,1-2H3. The Bertz CT molecular complexity index is 515. The van der Waals surface area contributed by atoms with Crippen molar-refractivity contribution in [2.75, 3.05) is 14.2 Å². The maximum Gasteiger partial charge on any atom is 0.246 e. The number of amides is 2. The lowest BCUT2D eigenvalue weighted by Gasteiger charge is -2.11. The quantitative estimate of drug-likeness (QED) is 0.762. The Balaban J connectivity index is 1.98. The second-order valence-electron chi connectivity index (χ2n) is 4.43. The average molecular weight is 264 g/mol. The SMILES string of the molecule is COc1ccc(CNC2CC(=O)N(C)C2=O)cc1O. The molecule has 2 amide bonds. The number of rotatable bonds is 4. The molecule has 2 rings (SSSR count). The van der Waals surface area contributed by atoms with Crippen LogP contribution in [0.3, 0.4) is 0 Å². The van der Waals surface area contributed by atoms with Crippen molar-refractivity contribution in [3.05, 3.63) is 23.8 Å². The Kier molecular flexibility index (Phi) is 3.71. The van der Waals surface area contributed by atoms with Crippen LogP contribution in [-0.2, 0) is 16.1 Å². The number of imide groups is 1. The van der Waals surface area contributed by atoms with Gasteiger partial charge in [0.05, 0.1) is 19.6 Å². The number of likely N-dealkylation sites (tertiary alicyclic amines) is 1. The molecule has 0 aromatic heterocycles. The number of nitrogens with one attached hydrogen (secondary N) is 1. The lowest BCUT2D eigenvalue weighted by atomic mass is 10.1. The summed E-state index contributed by atoms with van der Waals surface area (Å²) in [7, 11) is 2.96. The Morgan fingerprint density at radius 3 is 2.74 bits per heavy atom. The van der Waals surface area contributed by atoms with Gasteiger partial charge in [-0.1, -0.05) is 6.07 Å². The topological polar surface area (TPSA) is 78.9 Å². The van der Waals surface area contributed by atoms with Crippen molar-refractivity contribution < 1.29 is 19.4 Å². The Morgan fingerprint density at radius 1 is 1.47 bits per heavy atom. The summed E-state index contributed by atoms with van der Waals surface area (Å²) < 4.78 is 4.95. The summed E-state index contributed by atoms with van der Waals surface area (Å²) in [6.07, 6.45) is 0.178. The van der Waals surface area contributed by atoms with E-state index in [0.717, 1.165) is 10.5 Å². The number of aromatic hydroxyl groups is 1. The Hall–Kier alpha value is -2.08. The second kappa shape index (κ2) is 5.27. The first-order chi connectivity index (χ1) is 9.02. The number of likely N-dealkylation sites (N-methyl/N-ethyl adjacent to an activating group) is 1. The normalized spacial score (nSPS) is 19.1. The molecule has 1 heterocycles. The molecular formula is C13H16N2O4. The van der Waals surface area contributed by atoms with E-state index in [2.05, 4.69) is 5.32 Å². The zero-order valence-electron chi connectivity index (χ0n) is 10.8. The van der Waals surface area contributed by atoms with Crippen molar-refractivity contribution in [3.8, 4) is 11.5 Å². The number of ether oxygens (including phenoxy) is 1. The predicted molar refractivity (Wildman–Crippen MR) is 67.7 cm³/mol. The fraction of sp³-hybridized carbons (Fsp3) is 0.385. The van der Waals surface area contributed by atoms with Gasteiger partial charge >= 0.3 is 0 Å². The van der Waals surface area contributed by atoms with Crippen LogP contribution in [0.4, 0.5) is 0 Å². The second-order valence-corrected chi connectivity index (χ2v) is 4.43. The van der Waals surface area contributed by atoms with Crippen molar-refractivity contribution >= 4 is 11.8 Å². The highest BCUT2D eigenvalue weighted by molar-refractivity contribution is 6.05. The molecule has 19 heavy (non-hydrogen) atoms. The molecule has 1 unspecified atom stereocenters. The van der Waals surface area contributed by atoms with E-state index in [1.54, 1.807) is 18.2 Å². The third-order valence-corrected chi connectivity index (χ3v) is 3.18. The van der Waals surface area contributed by atoms with Crippen molar-refractivity contribution in [1.29, 1.82) is 0 Å². The van der Waals surface area contributed by atoms with E-state index < -0.39 is 6.04 Å². The molecule has 0 bridgehead atoms. The first kappa shape index (κ1) is 13.4. The molecule has 1 atom stereocenters. The molecule has 2 N–H and O–H groups in total. The van der Waals surface area contributed by atoms with Crippen molar-refractivity contribution in [3.63, 3.8) is 0 Å². The number of nitrogens with zero attached hydrogens (tertiary/aromatic N) is 1. The van der Waals surface area contributed by atoms with Gasteiger partial charge < -0.3 is 15.2 Å². The Morgan fingerprint density at radius 2 is 2.21 bits per heavy atom. The van der Waals surface area contributed by atoms with Gasteiger partial charge in [-0.2, -0.15) is 0 Å². The van der Waals surface area contributed by atoms with Gasteiger partial charge in [-0.25, -0.2) is 0 Å². The third-order valence-electron chi connectivity index (χ3n) is 3.18. The number of phenolic OH excluding ortho intramolecular Hbond substituents is 1. The number of hydrogen-bond acceptors (Lipinski definition) is 5. The maximum atomic E-state index is 11.7. The lowest BCUT2D eigenvalue weighted by molar-refractivity contribution is -0.137. The van der Waals surface area contributed by atoms with Crippen LogP contribution in [-0.4, -0.2) is 42.0 Å². The highest BCUT2D eigenvalue weighted by atomic mass is 16.5. The van der Waals surface area contributed by atoms with Gasteiger partial charge in [0.25, 0.3) is 0 Å². The molecule has 1 aliphatic rings. The number of carbonyl (C=O) groups excluding carboxylic acids is 2. The van der Waals surface area contributed by atoms with E-state index in [4.69, 9.17) is 4.74 Å². The molecule has 102 valence electrons. The van der Waals surface area contributed by atoms with Gasteiger partial charge in [-0.15, -0.1) is 0 Å². The molecule has 1 aliphatic heterocycles. The van der Waals surface area contributed by atoms with Crippen LogP contribution in [0, 0.1) is 0 Å². The van der Waals surface area contributed by atoms with Crippen molar-refractivity contribution in [2.45, 2.75) is 19.0 Å². The number of phenols is 1. The largest absolute Gasteiger partial charge is 0.504 e. The van der Waals surface area contributed by atoms with Gasteiger partial charge in [0.15, 0.2) is 11.5 Å². The summed E-state index contributed by atoms with van der Waals surface area (Å²) in [4.78, 5) is 24.2. The molecular weight excluding hydrogens is 248 g/mol. The van der Waals surface area contributed by atoms with Crippen LogP contribution >= 0.6 is 0 Å². The van der Waals surface area contributed by atoms with Crippen molar-refractivity contribution in [1.82, 2.24) is 10.2 Å². The van der Waals surface area contributed by atoms with E-state index in [9.17, 15) is 14.7 Å². The van der Waals surface area contributed by atoms with Crippen LogP contribution in [0.15, 0.2) is 18.2 Å². The Labute approximate surface area is 111 Å². The average Bonchev–Trinajstić information content (AvgIpc) is 2.64. The summed E-state index contributed by atoms with van der Waals surface area (Å²) in [5.74, 6) is 0.0474. The van der Waals surface area contributed by atoms with E-state index >= 15 is 0 Å². The molecule has 1 saturated heterocycles. The number of hydrogen-bond donors (Lipinski definition) is 2. The zero-order valence-corrected chi connectivity index (χ0v) is 10.8. The number of carbonyl (C=O) groups is 2. The minimum atomic E-state index is -0.484. The van der Waals surface area contributed by atoms with Gasteiger partial charge in [0, 0.05) is 13.6 Å². The van der Waals surface area contributed by atoms with Gasteiger partial charge in [-0.3, -0.25) is 14.5 Å². The monoisotopic (exact) mass is 264 g/mol. The molecule has 1 fully saturated rings. The highest BCUT2D eigenvalue weighted by Crippen LogP contribution is 2.26. The van der Waals surface area contributed by atoms with Gasteiger partial charge in [0.1, 0.15) is 0 Å². The summed E-state index contributed by atoms with van der Waals surface area (Å²) in [6.45, 7) is 0.398. The highest BCUT2D eigenvalue weighted by Gasteiger charge is 2.35. The van der Waals surface area contributed by atoms with E-state index in [0.29, 0.717) is 12.3 Å². The molecule has 6 heteroatoms. The van der Waals surface area contributed by atoms with Crippen LogP contribution in [0.1, 0.15) is 12.0 Å². The molecule has 0 spiro atoms. The van der Waals surface area contributed by atoms with Gasteiger partial charge in [-0.05, 0) is 17.7 Å². The minimum Gasteiger partial charge on any atom is -0.504 e. The first-order valence-corrected chi connectivity index (χ1v) is 5.92. The van der Waals surface area contributed by atoms with E-state index in [1.807, 2.05) is 0 Å². The number of methoxy groups -OCH3 is 1. The molecule has 6 nitrogen and oxygen atoms in total. The molecule has 1 aromatic carbocycles. The molecule has 0 aliphatic carbocycles. The summed E-state index contributed by atoms with van der Waals surface area (Å²) in [5.41, 5.74) is 0.813. The lowest BCUT2D eigenvalue weighted by Crippen LogP contribution is -2.36. The summed E-state index contributed by atoms with van der Waals surface area (Å²) in [6, 6.07) is 4.52. The van der Waals surface area contributed by atoms with E-state index in [-0.39, 0.29) is 24.0 Å². The molecule has 1 aromatic rings. The van der Waals surface area contributed by atoms with Crippen molar-refractivity contribution in [2.24, 2.45) is 0 Å². The maximum absolute atomic E-state index is 11.7. The summed E-state index contributed by atoms with van der Waals surface area (Å²) in [5, 5.41) is 12.6. The smallest absolute Gasteiger partial charge is 0.246 e. The first-order valence-electron chi connectivity index (χ1n) is 5.92. The van der Waals surface area contributed by atoms with Crippen LogP contribution in [0.2, 0.25) is 0 Å². The predicted octanol–water partition coefficient (Wildman–Crippen LogP) is 0.248. The third kappa shape index (κ3) is 2.68. The van der Waals surface area contributed by atoms with Crippen LogP contribution < -0.4 is 10.1 Å². The molecule has 0 radical (unpaired) electrons. The fourth-order valence-electron chi connectivity index (χ4n) is 2.00. The minimum absolute atomic E-state index is 0.0488. The van der Waals surface area contributed by atoms with Gasteiger partial charge in [0.2, 0.25) is 11.8 Å². The van der Waals surface area contributed by atoms with E-state index in [1.165, 1.54) is 14.2 Å². The fourth-order valence-corrected chi connectivity index (χ4v) is 2.00. The van der Waals surface area contributed by atoms with Crippen LogP contribution in [0.25, 0.3) is 0 Å². The van der Waals surface area contributed by atoms with Crippen LogP contribution in [0.5, 0.6) is 11.5 Å². The summed E-state index contributed by atoms with van der Waals surface area (Å²) >= 11 is 0. The molecule has 0 saturated carbocycles. The number of benzene rings is 1.